The minimum Gasteiger partial charge on any atom is -0.472 e. The van der Waals surface area contributed by atoms with Gasteiger partial charge < -0.3 is 4.42 Å². The Morgan fingerprint density at radius 1 is 1.17 bits per heavy atom. The van der Waals surface area contributed by atoms with Crippen molar-refractivity contribution in [2.24, 2.45) is 0 Å². The minimum absolute atomic E-state index is 0.780. The second-order valence-corrected chi connectivity index (χ2v) is 2.53. The highest BCUT2D eigenvalue weighted by Crippen LogP contribution is 2.16. The van der Waals surface area contributed by atoms with Crippen molar-refractivity contribution in [1.82, 2.24) is 9.97 Å². The van der Waals surface area contributed by atoms with Crippen molar-refractivity contribution >= 4 is 0 Å². The van der Waals surface area contributed by atoms with E-state index < -0.39 is 0 Å². The number of hydrogen-bond donors (Lipinski definition) is 0. The van der Waals surface area contributed by atoms with Gasteiger partial charge in [-0.1, -0.05) is 0 Å². The second kappa shape index (κ2) is 2.77. The molecule has 3 nitrogen and oxygen atoms in total. The topological polar surface area (TPSA) is 38.9 Å². The zero-order valence-corrected chi connectivity index (χ0v) is 6.69. The predicted molar refractivity (Wildman–Crippen MR) is 44.5 cm³/mol. The van der Waals surface area contributed by atoms with Gasteiger partial charge in [0.15, 0.2) is 0 Å². The first-order valence-corrected chi connectivity index (χ1v) is 3.67. The maximum Gasteiger partial charge on any atom is 0.125 e. The van der Waals surface area contributed by atoms with Crippen molar-refractivity contribution in [2.45, 2.75) is 6.92 Å². The summed E-state index contributed by atoms with van der Waals surface area (Å²) < 4.78 is 4.94. The normalized spacial score (nSPS) is 10.1. The summed E-state index contributed by atoms with van der Waals surface area (Å²) in [5.41, 5.74) is 1.99. The molecular formula is C9H8N2O. The molecule has 0 aliphatic carbocycles. The molecule has 0 atom stereocenters. The molecule has 3 heteroatoms. The van der Waals surface area contributed by atoms with Crippen molar-refractivity contribution < 1.29 is 4.42 Å². The Kier molecular flexibility index (Phi) is 1.63. The molecule has 0 radical (unpaired) electrons. The lowest BCUT2D eigenvalue weighted by atomic mass is 10.2. The fourth-order valence-corrected chi connectivity index (χ4v) is 0.970. The molecule has 0 spiro atoms. The number of furan rings is 1. The number of nitrogens with zero attached hydrogens (tertiary/aromatic N) is 2. The van der Waals surface area contributed by atoms with Crippen LogP contribution in [0.4, 0.5) is 0 Å². The molecule has 60 valence electrons. The number of aryl methyl sites for hydroxylation is 1. The number of aromatic nitrogens is 2. The van der Waals surface area contributed by atoms with Crippen LogP contribution < -0.4 is 0 Å². The van der Waals surface area contributed by atoms with Gasteiger partial charge in [-0.05, 0) is 13.0 Å². The fourth-order valence-electron chi connectivity index (χ4n) is 0.970. The monoisotopic (exact) mass is 160 g/mol. The van der Waals surface area contributed by atoms with Gasteiger partial charge in [-0.3, -0.25) is 0 Å². The minimum atomic E-state index is 0.780. The molecule has 0 unspecified atom stereocenters. The van der Waals surface area contributed by atoms with Gasteiger partial charge in [0, 0.05) is 23.5 Å². The zero-order chi connectivity index (χ0) is 8.39. The highest BCUT2D eigenvalue weighted by atomic mass is 16.3. The van der Waals surface area contributed by atoms with Crippen molar-refractivity contribution in [2.75, 3.05) is 0 Å². The summed E-state index contributed by atoms with van der Waals surface area (Å²) in [7, 11) is 0. The van der Waals surface area contributed by atoms with Crippen LogP contribution in [0.5, 0.6) is 0 Å². The molecule has 2 heterocycles. The van der Waals surface area contributed by atoms with Crippen LogP contribution in [0.2, 0.25) is 0 Å². The van der Waals surface area contributed by atoms with E-state index in [0.29, 0.717) is 0 Å². The first-order chi connectivity index (χ1) is 5.86. The third-order valence-electron chi connectivity index (χ3n) is 1.64. The molecule has 0 amide bonds. The van der Waals surface area contributed by atoms with Gasteiger partial charge >= 0.3 is 0 Å². The molecule has 0 saturated heterocycles. The van der Waals surface area contributed by atoms with Crippen LogP contribution >= 0.6 is 0 Å². The maximum absolute atomic E-state index is 4.94. The fraction of sp³-hybridized carbons (Fsp3) is 0.111. The molecule has 2 aromatic rings. The Morgan fingerprint density at radius 2 is 1.92 bits per heavy atom. The molecule has 0 saturated carbocycles. The van der Waals surface area contributed by atoms with Crippen LogP contribution in [0.1, 0.15) is 5.82 Å². The van der Waals surface area contributed by atoms with Crippen molar-refractivity contribution in [3.63, 3.8) is 0 Å². The van der Waals surface area contributed by atoms with E-state index in [0.717, 1.165) is 17.0 Å². The first kappa shape index (κ1) is 7.03. The van der Waals surface area contributed by atoms with Gasteiger partial charge in [-0.15, -0.1) is 0 Å². The Labute approximate surface area is 70.1 Å². The van der Waals surface area contributed by atoms with Crippen molar-refractivity contribution in [1.29, 1.82) is 0 Å². The van der Waals surface area contributed by atoms with E-state index in [1.807, 2.05) is 13.0 Å². The van der Waals surface area contributed by atoms with Crippen molar-refractivity contribution in [3.05, 3.63) is 36.8 Å². The molecule has 2 rings (SSSR count). The molecule has 12 heavy (non-hydrogen) atoms. The molecule has 0 aliphatic heterocycles. The summed E-state index contributed by atoms with van der Waals surface area (Å²) in [5, 5.41) is 0. The van der Waals surface area contributed by atoms with E-state index in [2.05, 4.69) is 9.97 Å². The molecule has 0 fully saturated rings. The predicted octanol–water partition coefficient (Wildman–Crippen LogP) is 2.05. The summed E-state index contributed by atoms with van der Waals surface area (Å²) in [4.78, 5) is 8.16. The number of rotatable bonds is 1. The van der Waals surface area contributed by atoms with Crippen LogP contribution in [-0.4, -0.2) is 9.97 Å². The van der Waals surface area contributed by atoms with Gasteiger partial charge in [0.25, 0.3) is 0 Å². The van der Waals surface area contributed by atoms with Gasteiger partial charge in [0.1, 0.15) is 5.82 Å². The second-order valence-electron chi connectivity index (χ2n) is 2.53. The molecule has 0 aliphatic rings. The van der Waals surface area contributed by atoms with E-state index in [-0.39, 0.29) is 0 Å². The van der Waals surface area contributed by atoms with E-state index in [1.54, 1.807) is 24.9 Å². The van der Waals surface area contributed by atoms with Crippen molar-refractivity contribution in [3.8, 4) is 11.1 Å². The summed E-state index contributed by atoms with van der Waals surface area (Å²) in [6, 6.07) is 1.88. The third-order valence-corrected chi connectivity index (χ3v) is 1.64. The van der Waals surface area contributed by atoms with Crippen LogP contribution in [0, 0.1) is 6.92 Å². The molecule has 0 aromatic carbocycles. The van der Waals surface area contributed by atoms with E-state index in [9.17, 15) is 0 Å². The lowest BCUT2D eigenvalue weighted by Gasteiger charge is -1.94. The summed E-state index contributed by atoms with van der Waals surface area (Å²) in [6.07, 6.45) is 6.88. The molecule has 0 N–H and O–H groups in total. The van der Waals surface area contributed by atoms with Crippen LogP contribution in [0.3, 0.4) is 0 Å². The molecule has 0 bridgehead atoms. The van der Waals surface area contributed by atoms with E-state index in [1.165, 1.54) is 0 Å². The standard InChI is InChI=1S/C9H8N2O/c1-7-10-4-9(5-11-7)8-2-3-12-6-8/h2-6H,1H3. The van der Waals surface area contributed by atoms with Gasteiger partial charge in [0.2, 0.25) is 0 Å². The van der Waals surface area contributed by atoms with Crippen LogP contribution in [0.25, 0.3) is 11.1 Å². The first-order valence-electron chi connectivity index (χ1n) is 3.67. The smallest absolute Gasteiger partial charge is 0.125 e. The average molecular weight is 160 g/mol. The summed E-state index contributed by atoms with van der Waals surface area (Å²) in [5.74, 6) is 0.780. The molecular weight excluding hydrogens is 152 g/mol. The maximum atomic E-state index is 4.94. The molecule has 2 aromatic heterocycles. The Bertz CT molecular complexity index is 351. The van der Waals surface area contributed by atoms with Gasteiger partial charge in [-0.25, -0.2) is 9.97 Å². The third kappa shape index (κ3) is 1.21. The summed E-state index contributed by atoms with van der Waals surface area (Å²) >= 11 is 0. The summed E-state index contributed by atoms with van der Waals surface area (Å²) in [6.45, 7) is 1.86. The Hall–Kier alpha value is -1.64. The lowest BCUT2D eigenvalue weighted by Crippen LogP contribution is -1.85. The van der Waals surface area contributed by atoms with Gasteiger partial charge in [0.05, 0.1) is 12.5 Å². The van der Waals surface area contributed by atoms with E-state index in [4.69, 9.17) is 4.42 Å². The van der Waals surface area contributed by atoms with E-state index >= 15 is 0 Å². The Morgan fingerprint density at radius 3 is 2.50 bits per heavy atom. The highest BCUT2D eigenvalue weighted by Gasteiger charge is 1.98. The highest BCUT2D eigenvalue weighted by molar-refractivity contribution is 5.59. The SMILES string of the molecule is Cc1ncc(-c2ccoc2)cn1. The zero-order valence-electron chi connectivity index (χ0n) is 6.69. The average Bonchev–Trinajstić information content (AvgIpc) is 2.58. The largest absolute Gasteiger partial charge is 0.472 e. The lowest BCUT2D eigenvalue weighted by molar-refractivity contribution is 0.568. The van der Waals surface area contributed by atoms with Gasteiger partial charge in [-0.2, -0.15) is 0 Å². The van der Waals surface area contributed by atoms with Crippen LogP contribution in [-0.2, 0) is 0 Å². The quantitative estimate of drug-likeness (QED) is 0.640. The Balaban J connectivity index is 2.43. The number of hydrogen-bond acceptors (Lipinski definition) is 3. The van der Waals surface area contributed by atoms with Crippen LogP contribution in [0.15, 0.2) is 35.4 Å².